The van der Waals surface area contributed by atoms with Crippen LogP contribution in [0.5, 0.6) is 5.75 Å². The van der Waals surface area contributed by atoms with Crippen molar-refractivity contribution in [3.63, 3.8) is 0 Å². The number of ether oxygens (including phenoxy) is 1. The lowest BCUT2D eigenvalue weighted by Crippen LogP contribution is -2.37. The van der Waals surface area contributed by atoms with Crippen molar-refractivity contribution in [2.45, 2.75) is 44.4 Å². The first kappa shape index (κ1) is 18.5. The summed E-state index contributed by atoms with van der Waals surface area (Å²) in [5.41, 5.74) is 3.43. The summed E-state index contributed by atoms with van der Waals surface area (Å²) in [6.45, 7) is 2.35. The summed E-state index contributed by atoms with van der Waals surface area (Å²) in [6, 6.07) is 13.1. The Hall–Kier alpha value is -2.82. The van der Waals surface area contributed by atoms with Crippen molar-refractivity contribution in [2.75, 3.05) is 23.9 Å². The second kappa shape index (κ2) is 7.30. The molecule has 2 aromatic carbocycles. The van der Waals surface area contributed by atoms with E-state index in [0.717, 1.165) is 30.6 Å². The van der Waals surface area contributed by atoms with Crippen LogP contribution in [0.15, 0.2) is 42.5 Å². The van der Waals surface area contributed by atoms with E-state index in [1.807, 2.05) is 41.3 Å². The molecule has 146 valence electrons. The molecule has 1 N–H and O–H groups in total. The highest BCUT2D eigenvalue weighted by molar-refractivity contribution is 6.05. The third kappa shape index (κ3) is 3.26. The Balaban J connectivity index is 1.66. The monoisotopic (exact) mass is 378 g/mol. The van der Waals surface area contributed by atoms with Gasteiger partial charge >= 0.3 is 0 Å². The predicted octanol–water partition coefficient (Wildman–Crippen LogP) is 4.52. The molecular weight excluding hydrogens is 352 g/mol. The van der Waals surface area contributed by atoms with E-state index in [1.165, 1.54) is 19.3 Å². The van der Waals surface area contributed by atoms with Gasteiger partial charge in [-0.2, -0.15) is 0 Å². The number of methoxy groups -OCH3 is 1. The van der Waals surface area contributed by atoms with Crippen LogP contribution in [0.1, 0.15) is 54.9 Å². The average molecular weight is 378 g/mol. The lowest BCUT2D eigenvalue weighted by Gasteiger charge is -2.34. The number of hydrogen-bond acceptors (Lipinski definition) is 3. The topological polar surface area (TPSA) is 58.6 Å². The van der Waals surface area contributed by atoms with E-state index in [1.54, 1.807) is 20.1 Å². The molecule has 1 spiro atoms. The fourth-order valence-electron chi connectivity index (χ4n) is 4.65. The molecule has 2 aromatic rings. The van der Waals surface area contributed by atoms with Gasteiger partial charge in [-0.15, -0.1) is 0 Å². The van der Waals surface area contributed by atoms with Gasteiger partial charge < -0.3 is 15.0 Å². The van der Waals surface area contributed by atoms with Crippen LogP contribution in [0, 0.1) is 0 Å². The van der Waals surface area contributed by atoms with Crippen LogP contribution in [0.3, 0.4) is 0 Å². The molecular formula is C23H26N2O3. The number of rotatable bonds is 3. The lowest BCUT2D eigenvalue weighted by molar-refractivity contribution is -0.116. The van der Waals surface area contributed by atoms with Crippen LogP contribution in [-0.2, 0) is 10.2 Å². The Kier molecular flexibility index (Phi) is 4.84. The Morgan fingerprint density at radius 1 is 1.07 bits per heavy atom. The van der Waals surface area contributed by atoms with Crippen LogP contribution >= 0.6 is 0 Å². The summed E-state index contributed by atoms with van der Waals surface area (Å²) in [5, 5.41) is 2.95. The van der Waals surface area contributed by atoms with E-state index in [4.69, 9.17) is 4.74 Å². The summed E-state index contributed by atoms with van der Waals surface area (Å²) in [6.07, 6.45) is 5.74. The smallest absolute Gasteiger partial charge is 0.255 e. The second-order valence-corrected chi connectivity index (χ2v) is 7.86. The summed E-state index contributed by atoms with van der Waals surface area (Å²) < 4.78 is 5.22. The van der Waals surface area contributed by atoms with Crippen LogP contribution < -0.4 is 15.0 Å². The third-order valence-corrected chi connectivity index (χ3v) is 6.10. The maximum Gasteiger partial charge on any atom is 0.255 e. The first-order chi connectivity index (χ1) is 13.5. The molecule has 0 unspecified atom stereocenters. The maximum absolute atomic E-state index is 12.9. The summed E-state index contributed by atoms with van der Waals surface area (Å²) >= 11 is 0. The van der Waals surface area contributed by atoms with Gasteiger partial charge in [-0.3, -0.25) is 9.59 Å². The average Bonchev–Trinajstić information content (AvgIpc) is 3.02. The van der Waals surface area contributed by atoms with Crippen LogP contribution in [-0.4, -0.2) is 25.5 Å². The molecule has 1 aliphatic heterocycles. The lowest BCUT2D eigenvalue weighted by atomic mass is 9.70. The minimum atomic E-state index is -0.150. The van der Waals surface area contributed by atoms with Gasteiger partial charge in [0.25, 0.3) is 5.91 Å². The molecule has 1 saturated carbocycles. The molecule has 2 aliphatic rings. The highest BCUT2D eigenvalue weighted by Gasteiger charge is 2.44. The van der Waals surface area contributed by atoms with Crippen molar-refractivity contribution < 1.29 is 14.3 Å². The van der Waals surface area contributed by atoms with Gasteiger partial charge in [-0.25, -0.2) is 0 Å². The predicted molar refractivity (Wildman–Crippen MR) is 110 cm³/mol. The molecule has 0 atom stereocenters. The first-order valence-electron chi connectivity index (χ1n) is 9.90. The number of hydrogen-bond donors (Lipinski definition) is 1. The van der Waals surface area contributed by atoms with Crippen molar-refractivity contribution in [3.8, 4) is 5.75 Å². The molecule has 5 heteroatoms. The molecule has 1 fully saturated rings. The number of fused-ring (bicyclic) bond motifs is 2. The summed E-state index contributed by atoms with van der Waals surface area (Å²) in [4.78, 5) is 26.9. The van der Waals surface area contributed by atoms with Gasteiger partial charge in [-0.05, 0) is 48.7 Å². The zero-order valence-electron chi connectivity index (χ0n) is 16.5. The molecule has 5 nitrogen and oxygen atoms in total. The molecule has 28 heavy (non-hydrogen) atoms. The molecule has 4 rings (SSSR count). The van der Waals surface area contributed by atoms with Gasteiger partial charge in [-0.1, -0.05) is 25.3 Å². The highest BCUT2D eigenvalue weighted by atomic mass is 16.5. The molecule has 0 saturated heterocycles. The van der Waals surface area contributed by atoms with Crippen LogP contribution in [0.2, 0.25) is 0 Å². The van der Waals surface area contributed by atoms with E-state index in [0.29, 0.717) is 17.0 Å². The van der Waals surface area contributed by atoms with E-state index >= 15 is 0 Å². The Labute approximate surface area is 165 Å². The van der Waals surface area contributed by atoms with E-state index in [2.05, 4.69) is 5.32 Å². The maximum atomic E-state index is 12.9. The fourth-order valence-corrected chi connectivity index (χ4v) is 4.65. The molecule has 1 heterocycles. The number of anilines is 2. The van der Waals surface area contributed by atoms with E-state index in [9.17, 15) is 9.59 Å². The normalized spacial score (nSPS) is 17.3. The quantitative estimate of drug-likeness (QED) is 0.854. The van der Waals surface area contributed by atoms with Gasteiger partial charge in [0.2, 0.25) is 5.91 Å². The summed E-state index contributed by atoms with van der Waals surface area (Å²) in [5.74, 6) is 0.616. The molecule has 2 amide bonds. The number of carbonyl (C=O) groups excluding carboxylic acids is 2. The zero-order valence-corrected chi connectivity index (χ0v) is 16.5. The second-order valence-electron chi connectivity index (χ2n) is 7.86. The van der Waals surface area contributed by atoms with Gasteiger partial charge in [0.05, 0.1) is 7.11 Å². The van der Waals surface area contributed by atoms with Crippen LogP contribution in [0.25, 0.3) is 0 Å². The standard InChI is InChI=1S/C23H26N2O3/c1-16(26)25-15-23(11-4-3-5-12-23)20-13-17(9-10-21(20)25)22(27)24-18-7-6-8-19(14-18)28-2/h6-10,13-14H,3-5,11-12,15H2,1-2H3,(H,24,27). The summed E-state index contributed by atoms with van der Waals surface area (Å²) in [7, 11) is 1.60. The van der Waals surface area contributed by atoms with Gasteiger partial charge in [0, 0.05) is 41.9 Å². The fraction of sp³-hybridized carbons (Fsp3) is 0.391. The van der Waals surface area contributed by atoms with Crippen molar-refractivity contribution in [1.82, 2.24) is 0 Å². The number of benzene rings is 2. The molecule has 0 radical (unpaired) electrons. The SMILES string of the molecule is COc1cccc(NC(=O)c2ccc3c(c2)C2(CCCCC2)CN3C(C)=O)c1. The van der Waals surface area contributed by atoms with Crippen LogP contribution in [0.4, 0.5) is 11.4 Å². The minimum absolute atomic E-state index is 0.00842. The van der Waals surface area contributed by atoms with Gasteiger partial charge in [0.1, 0.15) is 5.75 Å². The zero-order chi connectivity index (χ0) is 19.7. The van der Waals surface area contributed by atoms with Gasteiger partial charge in [0.15, 0.2) is 0 Å². The van der Waals surface area contributed by atoms with Crippen molar-refractivity contribution >= 4 is 23.2 Å². The molecule has 0 bridgehead atoms. The first-order valence-corrected chi connectivity index (χ1v) is 9.90. The van der Waals surface area contributed by atoms with Crippen molar-refractivity contribution in [2.24, 2.45) is 0 Å². The molecule has 0 aromatic heterocycles. The number of nitrogens with zero attached hydrogens (tertiary/aromatic N) is 1. The number of nitrogens with one attached hydrogen (secondary N) is 1. The van der Waals surface area contributed by atoms with E-state index in [-0.39, 0.29) is 17.2 Å². The number of amides is 2. The Morgan fingerprint density at radius 2 is 1.86 bits per heavy atom. The largest absolute Gasteiger partial charge is 0.497 e. The minimum Gasteiger partial charge on any atom is -0.497 e. The van der Waals surface area contributed by atoms with E-state index < -0.39 is 0 Å². The third-order valence-electron chi connectivity index (χ3n) is 6.10. The number of carbonyl (C=O) groups is 2. The molecule has 1 aliphatic carbocycles. The van der Waals surface area contributed by atoms with Crippen molar-refractivity contribution in [3.05, 3.63) is 53.6 Å². The van der Waals surface area contributed by atoms with Crippen molar-refractivity contribution in [1.29, 1.82) is 0 Å². The Bertz CT molecular complexity index is 916. The Morgan fingerprint density at radius 3 is 2.57 bits per heavy atom. The highest BCUT2D eigenvalue weighted by Crippen LogP contribution is 2.49.